The van der Waals surface area contributed by atoms with E-state index >= 15 is 0 Å². The van der Waals surface area contributed by atoms with Gasteiger partial charge in [-0.3, -0.25) is 9.69 Å². The van der Waals surface area contributed by atoms with E-state index in [4.69, 9.17) is 4.98 Å². The summed E-state index contributed by atoms with van der Waals surface area (Å²) in [5.74, 6) is 2.29. The van der Waals surface area contributed by atoms with Crippen molar-refractivity contribution in [1.82, 2.24) is 20.2 Å². The van der Waals surface area contributed by atoms with E-state index in [0.717, 1.165) is 49.1 Å². The summed E-state index contributed by atoms with van der Waals surface area (Å²) in [6.45, 7) is 10.7. The Kier molecular flexibility index (Phi) is 6.40. The van der Waals surface area contributed by atoms with E-state index in [1.54, 1.807) is 0 Å². The standard InChI is InChI=1S/C21H29N5O/c1-16(2)21-23-17(3)13-19(24-21)26-11-9-25(10-12-26)15-20(27)22-14-18-7-5-4-6-8-18/h4-8,13,16H,9-12,14-15H2,1-3H3,(H,22,27). The summed E-state index contributed by atoms with van der Waals surface area (Å²) in [7, 11) is 0. The van der Waals surface area contributed by atoms with Gasteiger partial charge in [0.1, 0.15) is 11.6 Å². The van der Waals surface area contributed by atoms with Gasteiger partial charge in [-0.2, -0.15) is 0 Å². The van der Waals surface area contributed by atoms with Crippen molar-refractivity contribution < 1.29 is 4.79 Å². The zero-order valence-electron chi connectivity index (χ0n) is 16.5. The molecular formula is C21H29N5O. The minimum Gasteiger partial charge on any atom is -0.354 e. The number of hydrogen-bond donors (Lipinski definition) is 1. The Morgan fingerprint density at radius 1 is 1.11 bits per heavy atom. The Morgan fingerprint density at radius 3 is 2.48 bits per heavy atom. The maximum atomic E-state index is 12.2. The fraction of sp³-hybridized carbons (Fsp3) is 0.476. The molecule has 1 fully saturated rings. The quantitative estimate of drug-likeness (QED) is 0.849. The average Bonchev–Trinajstić information content (AvgIpc) is 2.67. The molecule has 0 atom stereocenters. The largest absolute Gasteiger partial charge is 0.354 e. The lowest BCUT2D eigenvalue weighted by Gasteiger charge is -2.35. The van der Waals surface area contributed by atoms with Crippen LogP contribution in [0.4, 0.5) is 5.82 Å². The van der Waals surface area contributed by atoms with Crippen LogP contribution in [0.3, 0.4) is 0 Å². The Hall–Kier alpha value is -2.47. The second kappa shape index (κ2) is 8.95. The first kappa shape index (κ1) is 19.3. The number of carbonyl (C=O) groups is 1. The van der Waals surface area contributed by atoms with Gasteiger partial charge in [-0.25, -0.2) is 9.97 Å². The average molecular weight is 367 g/mol. The minimum absolute atomic E-state index is 0.0762. The minimum atomic E-state index is 0.0762. The second-order valence-electron chi connectivity index (χ2n) is 7.41. The summed E-state index contributed by atoms with van der Waals surface area (Å²) in [4.78, 5) is 26.0. The van der Waals surface area contributed by atoms with Crippen molar-refractivity contribution in [3.05, 3.63) is 53.5 Å². The molecule has 1 aromatic heterocycles. The lowest BCUT2D eigenvalue weighted by atomic mass is 10.2. The SMILES string of the molecule is Cc1cc(N2CCN(CC(=O)NCc3ccccc3)CC2)nc(C(C)C)n1. The highest BCUT2D eigenvalue weighted by molar-refractivity contribution is 5.78. The molecule has 6 nitrogen and oxygen atoms in total. The van der Waals surface area contributed by atoms with Crippen LogP contribution in [-0.4, -0.2) is 53.5 Å². The van der Waals surface area contributed by atoms with E-state index in [1.807, 2.05) is 43.3 Å². The summed E-state index contributed by atoms with van der Waals surface area (Å²) in [5, 5.41) is 3.00. The van der Waals surface area contributed by atoms with E-state index in [2.05, 4.69) is 33.9 Å². The molecular weight excluding hydrogens is 338 g/mol. The summed E-state index contributed by atoms with van der Waals surface area (Å²) in [5.41, 5.74) is 2.13. The molecule has 1 N–H and O–H groups in total. The van der Waals surface area contributed by atoms with Gasteiger partial charge in [0.05, 0.1) is 6.54 Å². The topological polar surface area (TPSA) is 61.4 Å². The Labute approximate surface area is 161 Å². The first-order valence-electron chi connectivity index (χ1n) is 9.65. The lowest BCUT2D eigenvalue weighted by Crippen LogP contribution is -2.49. The van der Waals surface area contributed by atoms with Crippen molar-refractivity contribution in [2.45, 2.75) is 33.2 Å². The zero-order chi connectivity index (χ0) is 19.2. The zero-order valence-corrected chi connectivity index (χ0v) is 16.5. The smallest absolute Gasteiger partial charge is 0.234 e. The molecule has 0 spiro atoms. The second-order valence-corrected chi connectivity index (χ2v) is 7.41. The molecule has 0 bridgehead atoms. The summed E-state index contributed by atoms with van der Waals surface area (Å²) < 4.78 is 0. The van der Waals surface area contributed by atoms with Crippen LogP contribution in [0, 0.1) is 6.92 Å². The van der Waals surface area contributed by atoms with Crippen molar-refractivity contribution in [2.24, 2.45) is 0 Å². The number of aromatic nitrogens is 2. The molecule has 0 aliphatic carbocycles. The van der Waals surface area contributed by atoms with Gasteiger partial charge in [-0.05, 0) is 12.5 Å². The van der Waals surface area contributed by atoms with Crippen LogP contribution in [0.1, 0.15) is 36.8 Å². The first-order chi connectivity index (χ1) is 13.0. The number of anilines is 1. The number of hydrogen-bond acceptors (Lipinski definition) is 5. The van der Waals surface area contributed by atoms with Crippen LogP contribution < -0.4 is 10.2 Å². The molecule has 1 saturated heterocycles. The lowest BCUT2D eigenvalue weighted by molar-refractivity contribution is -0.122. The number of piperazine rings is 1. The molecule has 1 amide bonds. The molecule has 2 heterocycles. The van der Waals surface area contributed by atoms with Crippen LogP contribution in [0.2, 0.25) is 0 Å². The highest BCUT2D eigenvalue weighted by Gasteiger charge is 2.21. The molecule has 0 radical (unpaired) electrons. The van der Waals surface area contributed by atoms with Gasteiger partial charge >= 0.3 is 0 Å². The van der Waals surface area contributed by atoms with E-state index in [0.29, 0.717) is 19.0 Å². The van der Waals surface area contributed by atoms with Gasteiger partial charge in [0.25, 0.3) is 0 Å². The Morgan fingerprint density at radius 2 is 1.81 bits per heavy atom. The van der Waals surface area contributed by atoms with Gasteiger partial charge < -0.3 is 10.2 Å². The third-order valence-corrected chi connectivity index (χ3v) is 4.77. The molecule has 0 unspecified atom stereocenters. The van der Waals surface area contributed by atoms with Crippen LogP contribution in [0.15, 0.2) is 36.4 Å². The molecule has 0 saturated carbocycles. The van der Waals surface area contributed by atoms with Gasteiger partial charge in [-0.15, -0.1) is 0 Å². The molecule has 27 heavy (non-hydrogen) atoms. The predicted octanol–water partition coefficient (Wildman–Crippen LogP) is 2.35. The third-order valence-electron chi connectivity index (χ3n) is 4.77. The normalized spacial score (nSPS) is 15.2. The van der Waals surface area contributed by atoms with Gasteiger partial charge in [0.2, 0.25) is 5.91 Å². The summed E-state index contributed by atoms with van der Waals surface area (Å²) in [6.07, 6.45) is 0. The number of benzene rings is 1. The highest BCUT2D eigenvalue weighted by Crippen LogP contribution is 2.18. The van der Waals surface area contributed by atoms with Crippen molar-refractivity contribution in [3.63, 3.8) is 0 Å². The number of carbonyl (C=O) groups excluding carboxylic acids is 1. The van der Waals surface area contributed by atoms with Crippen LogP contribution in [0.5, 0.6) is 0 Å². The monoisotopic (exact) mass is 367 g/mol. The molecule has 6 heteroatoms. The maximum Gasteiger partial charge on any atom is 0.234 e. The Balaban J connectivity index is 1.48. The fourth-order valence-corrected chi connectivity index (χ4v) is 3.19. The van der Waals surface area contributed by atoms with Gasteiger partial charge in [0, 0.05) is 50.4 Å². The molecule has 1 aliphatic rings. The Bertz CT molecular complexity index is 754. The molecule has 3 rings (SSSR count). The third kappa shape index (κ3) is 5.50. The van der Waals surface area contributed by atoms with Crippen molar-refractivity contribution in [3.8, 4) is 0 Å². The molecule has 2 aromatic rings. The van der Waals surface area contributed by atoms with Crippen LogP contribution >= 0.6 is 0 Å². The summed E-state index contributed by atoms with van der Waals surface area (Å²) in [6, 6.07) is 12.0. The number of rotatable bonds is 6. The van der Waals surface area contributed by atoms with Gasteiger partial charge in [0.15, 0.2) is 0 Å². The van der Waals surface area contributed by atoms with Crippen molar-refractivity contribution in [1.29, 1.82) is 0 Å². The van der Waals surface area contributed by atoms with Crippen molar-refractivity contribution in [2.75, 3.05) is 37.6 Å². The first-order valence-corrected chi connectivity index (χ1v) is 9.65. The van der Waals surface area contributed by atoms with Crippen LogP contribution in [0.25, 0.3) is 0 Å². The van der Waals surface area contributed by atoms with E-state index in [9.17, 15) is 4.79 Å². The number of nitrogens with zero attached hydrogens (tertiary/aromatic N) is 4. The molecule has 144 valence electrons. The maximum absolute atomic E-state index is 12.2. The predicted molar refractivity (Wildman–Crippen MR) is 108 cm³/mol. The van der Waals surface area contributed by atoms with Crippen molar-refractivity contribution >= 4 is 11.7 Å². The number of nitrogens with one attached hydrogen (secondary N) is 1. The highest BCUT2D eigenvalue weighted by atomic mass is 16.2. The molecule has 1 aromatic carbocycles. The number of amides is 1. The van der Waals surface area contributed by atoms with E-state index < -0.39 is 0 Å². The van der Waals surface area contributed by atoms with E-state index in [-0.39, 0.29) is 5.91 Å². The number of aryl methyl sites for hydroxylation is 1. The summed E-state index contributed by atoms with van der Waals surface area (Å²) >= 11 is 0. The molecule has 1 aliphatic heterocycles. The fourth-order valence-electron chi connectivity index (χ4n) is 3.19. The van der Waals surface area contributed by atoms with Gasteiger partial charge in [-0.1, -0.05) is 44.2 Å². The van der Waals surface area contributed by atoms with Crippen LogP contribution in [-0.2, 0) is 11.3 Å². The van der Waals surface area contributed by atoms with E-state index in [1.165, 1.54) is 0 Å².